The van der Waals surface area contributed by atoms with E-state index < -0.39 is 17.9 Å². The van der Waals surface area contributed by atoms with E-state index in [0.717, 1.165) is 21.9 Å². The van der Waals surface area contributed by atoms with Gasteiger partial charge in [-0.3, -0.25) is 20.4 Å². The van der Waals surface area contributed by atoms with Crippen LogP contribution in [0, 0.1) is 6.92 Å². The number of amides is 2. The number of fused-ring (bicyclic) bond motifs is 1. The number of benzene rings is 3. The highest BCUT2D eigenvalue weighted by Crippen LogP contribution is 2.21. The number of carbonyl (C=O) groups is 2. The molecular formula is C23H22N2O3. The fourth-order valence-corrected chi connectivity index (χ4v) is 2.61. The number of rotatable bonds is 5. The van der Waals surface area contributed by atoms with Crippen LogP contribution in [-0.4, -0.2) is 17.9 Å². The van der Waals surface area contributed by atoms with Crippen LogP contribution >= 0.6 is 0 Å². The summed E-state index contributed by atoms with van der Waals surface area (Å²) in [4.78, 5) is 24.0. The van der Waals surface area contributed by atoms with E-state index in [1.54, 1.807) is 13.0 Å². The van der Waals surface area contributed by atoms with Gasteiger partial charge in [0.2, 0.25) is 0 Å². The second-order valence-corrected chi connectivity index (χ2v) is 6.49. The maximum Gasteiger partial charge on any atom is 0.279 e. The van der Waals surface area contributed by atoms with Gasteiger partial charge >= 0.3 is 0 Å². The number of aryl methyl sites for hydroxylation is 1. The summed E-state index contributed by atoms with van der Waals surface area (Å²) in [6.45, 7) is 3.62. The zero-order valence-electron chi connectivity index (χ0n) is 15.8. The normalized spacial score (nSPS) is 11.9. The van der Waals surface area contributed by atoms with E-state index in [4.69, 9.17) is 4.74 Å². The lowest BCUT2D eigenvalue weighted by molar-refractivity contribution is -0.131. The van der Waals surface area contributed by atoms with E-state index in [-0.39, 0.29) is 0 Å². The molecule has 5 heteroatoms. The van der Waals surface area contributed by atoms with Gasteiger partial charge in [-0.2, -0.15) is 0 Å². The van der Waals surface area contributed by atoms with Gasteiger partial charge in [-0.25, -0.2) is 0 Å². The van der Waals surface area contributed by atoms with Crippen LogP contribution in [-0.2, 0) is 9.59 Å². The topological polar surface area (TPSA) is 67.4 Å². The molecule has 0 aliphatic heterocycles. The van der Waals surface area contributed by atoms with Gasteiger partial charge < -0.3 is 4.74 Å². The van der Waals surface area contributed by atoms with Crippen molar-refractivity contribution in [1.82, 2.24) is 10.9 Å². The van der Waals surface area contributed by atoms with E-state index >= 15 is 0 Å². The highest BCUT2D eigenvalue weighted by molar-refractivity contribution is 5.93. The summed E-state index contributed by atoms with van der Waals surface area (Å²) in [5.74, 6) is -0.274. The molecule has 3 rings (SSSR count). The smallest absolute Gasteiger partial charge is 0.279 e. The predicted octanol–water partition coefficient (Wildman–Crippen LogP) is 3.78. The van der Waals surface area contributed by atoms with Crippen LogP contribution in [0.3, 0.4) is 0 Å². The zero-order valence-corrected chi connectivity index (χ0v) is 15.8. The minimum atomic E-state index is -0.762. The van der Waals surface area contributed by atoms with E-state index in [1.165, 1.54) is 6.08 Å². The van der Waals surface area contributed by atoms with E-state index in [1.807, 2.05) is 73.7 Å². The van der Waals surface area contributed by atoms with Crippen molar-refractivity contribution in [3.63, 3.8) is 0 Å². The largest absolute Gasteiger partial charge is 0.481 e. The summed E-state index contributed by atoms with van der Waals surface area (Å²) in [6, 6.07) is 21.3. The first-order valence-corrected chi connectivity index (χ1v) is 9.01. The van der Waals surface area contributed by atoms with Crippen LogP contribution in [0.25, 0.3) is 16.8 Å². The molecule has 2 N–H and O–H groups in total. The van der Waals surface area contributed by atoms with Gasteiger partial charge in [0, 0.05) is 6.08 Å². The summed E-state index contributed by atoms with van der Waals surface area (Å²) in [5.41, 5.74) is 6.78. The van der Waals surface area contributed by atoms with Crippen molar-refractivity contribution >= 4 is 28.7 Å². The Balaban J connectivity index is 1.50. The van der Waals surface area contributed by atoms with Crippen LogP contribution in [0.15, 0.2) is 72.8 Å². The fraction of sp³-hybridized carbons (Fsp3) is 0.130. The van der Waals surface area contributed by atoms with Gasteiger partial charge in [-0.15, -0.1) is 0 Å². The molecule has 0 saturated carbocycles. The molecule has 28 heavy (non-hydrogen) atoms. The van der Waals surface area contributed by atoms with E-state index in [9.17, 15) is 9.59 Å². The van der Waals surface area contributed by atoms with Gasteiger partial charge in [-0.1, -0.05) is 60.2 Å². The lowest BCUT2D eigenvalue weighted by Gasteiger charge is -2.15. The molecule has 0 bridgehead atoms. The number of carbonyl (C=O) groups excluding carboxylic acids is 2. The number of hydrogen-bond donors (Lipinski definition) is 2. The Morgan fingerprint density at radius 3 is 2.39 bits per heavy atom. The summed E-state index contributed by atoms with van der Waals surface area (Å²) >= 11 is 0. The number of hydrazine groups is 1. The predicted molar refractivity (Wildman–Crippen MR) is 111 cm³/mol. The number of ether oxygens (including phenoxy) is 1. The van der Waals surface area contributed by atoms with Crippen LogP contribution < -0.4 is 15.6 Å². The Labute approximate surface area is 164 Å². The van der Waals surface area contributed by atoms with Gasteiger partial charge in [0.25, 0.3) is 11.8 Å². The Hall–Kier alpha value is -3.60. The third-order valence-electron chi connectivity index (χ3n) is 4.22. The molecule has 0 fully saturated rings. The molecule has 1 atom stereocenters. The molecule has 1 unspecified atom stereocenters. The van der Waals surface area contributed by atoms with Gasteiger partial charge in [0.1, 0.15) is 5.75 Å². The minimum absolute atomic E-state index is 0.424. The Kier molecular flexibility index (Phi) is 6.07. The summed E-state index contributed by atoms with van der Waals surface area (Å²) in [7, 11) is 0. The van der Waals surface area contributed by atoms with Gasteiger partial charge in [-0.05, 0) is 48.4 Å². The summed E-state index contributed by atoms with van der Waals surface area (Å²) in [6.07, 6.45) is 2.28. The third kappa shape index (κ3) is 5.20. The molecule has 142 valence electrons. The van der Waals surface area contributed by atoms with Crippen molar-refractivity contribution < 1.29 is 14.3 Å². The van der Waals surface area contributed by atoms with E-state index in [0.29, 0.717) is 5.75 Å². The van der Waals surface area contributed by atoms with Crippen molar-refractivity contribution in [1.29, 1.82) is 0 Å². The second-order valence-electron chi connectivity index (χ2n) is 6.49. The fourth-order valence-electron chi connectivity index (χ4n) is 2.61. The van der Waals surface area contributed by atoms with Crippen LogP contribution in [0.1, 0.15) is 18.1 Å². The summed E-state index contributed by atoms with van der Waals surface area (Å²) < 4.78 is 5.68. The number of hydrogen-bond acceptors (Lipinski definition) is 3. The standard InChI is InChI=1S/C23H22N2O3/c1-16-7-9-18(10-8-16)11-14-22(26)24-25-23(27)17(2)28-21-13-12-19-5-3-4-6-20(19)15-21/h3-15,17H,1-2H3,(H,24,26)(H,25,27)/b14-11+. The Morgan fingerprint density at radius 2 is 1.64 bits per heavy atom. The molecule has 3 aromatic carbocycles. The molecule has 0 spiro atoms. The van der Waals surface area contributed by atoms with Crippen LogP contribution in [0.2, 0.25) is 0 Å². The maximum atomic E-state index is 12.2. The number of nitrogens with one attached hydrogen (secondary N) is 2. The molecule has 5 nitrogen and oxygen atoms in total. The first-order chi connectivity index (χ1) is 13.5. The molecule has 0 aliphatic carbocycles. The van der Waals surface area contributed by atoms with Gasteiger partial charge in [0.15, 0.2) is 6.10 Å². The highest BCUT2D eigenvalue weighted by Gasteiger charge is 2.15. The van der Waals surface area contributed by atoms with Crippen molar-refractivity contribution in [2.45, 2.75) is 20.0 Å². The van der Waals surface area contributed by atoms with Crippen molar-refractivity contribution in [3.8, 4) is 5.75 Å². The van der Waals surface area contributed by atoms with Crippen LogP contribution in [0.4, 0.5) is 0 Å². The molecule has 2 amide bonds. The van der Waals surface area contributed by atoms with Crippen LogP contribution in [0.5, 0.6) is 5.75 Å². The quantitative estimate of drug-likeness (QED) is 0.528. The van der Waals surface area contributed by atoms with Gasteiger partial charge in [0.05, 0.1) is 0 Å². The Bertz CT molecular complexity index is 1010. The highest BCUT2D eigenvalue weighted by atomic mass is 16.5. The third-order valence-corrected chi connectivity index (χ3v) is 4.22. The summed E-state index contributed by atoms with van der Waals surface area (Å²) in [5, 5.41) is 2.13. The first kappa shape index (κ1) is 19.2. The monoisotopic (exact) mass is 374 g/mol. The molecule has 0 aliphatic rings. The molecule has 0 heterocycles. The minimum Gasteiger partial charge on any atom is -0.481 e. The molecule has 0 saturated heterocycles. The Morgan fingerprint density at radius 1 is 0.929 bits per heavy atom. The van der Waals surface area contributed by atoms with Crippen molar-refractivity contribution in [3.05, 3.63) is 83.9 Å². The lowest BCUT2D eigenvalue weighted by Crippen LogP contribution is -2.46. The average Bonchev–Trinajstić information content (AvgIpc) is 2.71. The zero-order chi connectivity index (χ0) is 19.9. The average molecular weight is 374 g/mol. The van der Waals surface area contributed by atoms with Crippen molar-refractivity contribution in [2.75, 3.05) is 0 Å². The molecule has 0 radical (unpaired) electrons. The first-order valence-electron chi connectivity index (χ1n) is 9.01. The van der Waals surface area contributed by atoms with Crippen molar-refractivity contribution in [2.24, 2.45) is 0 Å². The maximum absolute atomic E-state index is 12.2. The molecular weight excluding hydrogens is 352 g/mol. The molecule has 0 aromatic heterocycles. The lowest BCUT2D eigenvalue weighted by atomic mass is 10.1. The SMILES string of the molecule is Cc1ccc(/C=C/C(=O)NNC(=O)C(C)Oc2ccc3ccccc3c2)cc1. The van der Waals surface area contributed by atoms with E-state index in [2.05, 4.69) is 10.9 Å². The molecule has 3 aromatic rings. The second kappa shape index (κ2) is 8.86.